The molecule has 1 N–H and O–H groups in total. The zero-order valence-corrected chi connectivity index (χ0v) is 15.3. The van der Waals surface area contributed by atoms with Crippen LogP contribution < -0.4 is 5.32 Å². The van der Waals surface area contributed by atoms with Gasteiger partial charge in [0.2, 0.25) is 0 Å². The molecule has 25 heavy (non-hydrogen) atoms. The van der Waals surface area contributed by atoms with E-state index < -0.39 is 0 Å². The van der Waals surface area contributed by atoms with Gasteiger partial charge in [-0.2, -0.15) is 0 Å². The second-order valence-corrected chi connectivity index (χ2v) is 7.59. The first-order chi connectivity index (χ1) is 12.1. The summed E-state index contributed by atoms with van der Waals surface area (Å²) in [4.78, 5) is 11.3. The maximum Gasteiger partial charge on any atom is 0.133 e. The van der Waals surface area contributed by atoms with Crippen molar-refractivity contribution >= 4 is 23.2 Å². The third-order valence-corrected chi connectivity index (χ3v) is 5.23. The minimum Gasteiger partial charge on any atom is -0.378 e. The van der Waals surface area contributed by atoms with Gasteiger partial charge in [-0.05, 0) is 41.3 Å². The molecular formula is C19H23ClN4O. The molecule has 0 amide bonds. The maximum absolute atomic E-state index is 6.26. The van der Waals surface area contributed by atoms with Gasteiger partial charge in [-0.25, -0.2) is 9.97 Å². The Morgan fingerprint density at radius 1 is 1.20 bits per heavy atom. The first-order valence-electron chi connectivity index (χ1n) is 8.81. The van der Waals surface area contributed by atoms with Crippen molar-refractivity contribution in [3.8, 4) is 0 Å². The fourth-order valence-corrected chi connectivity index (χ4v) is 3.49. The summed E-state index contributed by atoms with van der Waals surface area (Å²) in [5.41, 5.74) is 2.48. The van der Waals surface area contributed by atoms with Gasteiger partial charge >= 0.3 is 0 Å². The van der Waals surface area contributed by atoms with E-state index in [1.165, 1.54) is 11.1 Å². The van der Waals surface area contributed by atoms with Gasteiger partial charge in [0, 0.05) is 25.2 Å². The van der Waals surface area contributed by atoms with Crippen LogP contribution in [0.2, 0.25) is 5.15 Å². The SMILES string of the molecule is CC(C)c1ccnc(Nc2cc(C3CN(C4COC4)C3)cc(Cl)n2)c1. The highest BCUT2D eigenvalue weighted by molar-refractivity contribution is 6.29. The lowest BCUT2D eigenvalue weighted by Crippen LogP contribution is -2.58. The van der Waals surface area contributed by atoms with Gasteiger partial charge in [0.1, 0.15) is 16.8 Å². The fraction of sp³-hybridized carbons (Fsp3) is 0.474. The summed E-state index contributed by atoms with van der Waals surface area (Å²) in [7, 11) is 0. The molecule has 0 saturated carbocycles. The van der Waals surface area contributed by atoms with Crippen LogP contribution in [0, 0.1) is 0 Å². The van der Waals surface area contributed by atoms with Crippen LogP contribution in [0.3, 0.4) is 0 Å². The predicted molar refractivity (Wildman–Crippen MR) is 99.8 cm³/mol. The first kappa shape index (κ1) is 16.8. The molecule has 2 fully saturated rings. The van der Waals surface area contributed by atoms with Crippen molar-refractivity contribution in [2.45, 2.75) is 31.7 Å². The summed E-state index contributed by atoms with van der Waals surface area (Å²) in [6.07, 6.45) is 1.83. The number of halogens is 1. The molecule has 0 radical (unpaired) electrons. The van der Waals surface area contributed by atoms with E-state index in [0.717, 1.165) is 37.9 Å². The summed E-state index contributed by atoms with van der Waals surface area (Å²) in [6.45, 7) is 8.21. The van der Waals surface area contributed by atoms with Crippen LogP contribution in [-0.2, 0) is 4.74 Å². The zero-order chi connectivity index (χ0) is 17.4. The largest absolute Gasteiger partial charge is 0.378 e. The molecule has 5 nitrogen and oxygen atoms in total. The number of rotatable bonds is 5. The van der Waals surface area contributed by atoms with Gasteiger partial charge in [0.05, 0.1) is 19.3 Å². The molecule has 4 rings (SSSR count). The highest BCUT2D eigenvalue weighted by atomic mass is 35.5. The lowest BCUT2D eigenvalue weighted by Gasteiger charge is -2.47. The smallest absolute Gasteiger partial charge is 0.133 e. The lowest BCUT2D eigenvalue weighted by atomic mass is 9.90. The molecule has 132 valence electrons. The molecular weight excluding hydrogens is 336 g/mol. The van der Waals surface area contributed by atoms with Crippen LogP contribution in [0.4, 0.5) is 11.6 Å². The minimum atomic E-state index is 0.461. The summed E-state index contributed by atoms with van der Waals surface area (Å²) in [5.74, 6) is 2.52. The third-order valence-electron chi connectivity index (χ3n) is 5.04. The van der Waals surface area contributed by atoms with Crippen LogP contribution in [0.1, 0.15) is 36.8 Å². The van der Waals surface area contributed by atoms with Crippen molar-refractivity contribution in [1.82, 2.24) is 14.9 Å². The number of hydrogen-bond acceptors (Lipinski definition) is 5. The van der Waals surface area contributed by atoms with E-state index in [1.807, 2.05) is 18.3 Å². The lowest BCUT2D eigenvalue weighted by molar-refractivity contribution is -0.0906. The van der Waals surface area contributed by atoms with E-state index in [2.05, 4.69) is 46.2 Å². The molecule has 2 aliphatic rings. The molecule has 4 heterocycles. The summed E-state index contributed by atoms with van der Waals surface area (Å²) in [5, 5.41) is 3.82. The van der Waals surface area contributed by atoms with Gasteiger partial charge in [-0.15, -0.1) is 0 Å². The van der Waals surface area contributed by atoms with Gasteiger partial charge in [0.15, 0.2) is 0 Å². The predicted octanol–water partition coefficient (Wildman–Crippen LogP) is 3.80. The molecule has 6 heteroatoms. The third kappa shape index (κ3) is 3.64. The maximum atomic E-state index is 6.26. The molecule has 2 aliphatic heterocycles. The van der Waals surface area contributed by atoms with Crippen molar-refractivity contribution in [3.05, 3.63) is 46.7 Å². The number of nitrogens with one attached hydrogen (secondary N) is 1. The van der Waals surface area contributed by atoms with Crippen LogP contribution >= 0.6 is 11.6 Å². The Hall–Kier alpha value is -1.69. The number of likely N-dealkylation sites (tertiary alicyclic amines) is 1. The van der Waals surface area contributed by atoms with Crippen LogP contribution in [-0.4, -0.2) is 47.2 Å². The minimum absolute atomic E-state index is 0.461. The first-order valence-corrected chi connectivity index (χ1v) is 9.18. The van der Waals surface area contributed by atoms with Crippen molar-refractivity contribution < 1.29 is 4.74 Å². The number of anilines is 2. The second-order valence-electron chi connectivity index (χ2n) is 7.20. The summed E-state index contributed by atoms with van der Waals surface area (Å²) in [6, 6.07) is 8.78. The second kappa shape index (κ2) is 6.90. The Morgan fingerprint density at radius 2 is 2.00 bits per heavy atom. The van der Waals surface area contributed by atoms with E-state index in [9.17, 15) is 0 Å². The molecule has 0 aromatic carbocycles. The normalized spacial score (nSPS) is 18.9. The standard InChI is InChI=1S/C19H23ClN4O/c1-12(2)13-3-4-21-18(6-13)23-19-7-14(5-17(20)22-19)15-8-24(9-15)16-10-25-11-16/h3-7,12,15-16H,8-11H2,1-2H3,(H,21,22,23). The Kier molecular flexibility index (Phi) is 4.63. The molecule has 0 unspecified atom stereocenters. The monoisotopic (exact) mass is 358 g/mol. The number of aromatic nitrogens is 2. The number of hydrogen-bond donors (Lipinski definition) is 1. The highest BCUT2D eigenvalue weighted by Crippen LogP contribution is 2.33. The Morgan fingerprint density at radius 3 is 2.68 bits per heavy atom. The van der Waals surface area contributed by atoms with Gasteiger partial charge in [-0.1, -0.05) is 25.4 Å². The Labute approximate surface area is 153 Å². The van der Waals surface area contributed by atoms with E-state index in [0.29, 0.717) is 23.0 Å². The van der Waals surface area contributed by atoms with Crippen LogP contribution in [0.15, 0.2) is 30.5 Å². The quantitative estimate of drug-likeness (QED) is 0.824. The van der Waals surface area contributed by atoms with Gasteiger partial charge in [-0.3, -0.25) is 4.90 Å². The Balaban J connectivity index is 1.47. The number of pyridine rings is 2. The van der Waals surface area contributed by atoms with Crippen LogP contribution in [0.5, 0.6) is 0 Å². The molecule has 0 atom stereocenters. The molecule has 2 aromatic heterocycles. The summed E-state index contributed by atoms with van der Waals surface area (Å²) >= 11 is 6.26. The van der Waals surface area contributed by atoms with Crippen molar-refractivity contribution in [3.63, 3.8) is 0 Å². The van der Waals surface area contributed by atoms with Crippen LogP contribution in [0.25, 0.3) is 0 Å². The molecule has 0 aliphatic carbocycles. The fourth-order valence-electron chi connectivity index (χ4n) is 3.28. The molecule has 2 aromatic rings. The number of ether oxygens (including phenoxy) is 1. The average Bonchev–Trinajstić information content (AvgIpc) is 2.48. The van der Waals surface area contributed by atoms with E-state index >= 15 is 0 Å². The van der Waals surface area contributed by atoms with Gasteiger partial charge in [0.25, 0.3) is 0 Å². The van der Waals surface area contributed by atoms with E-state index in [4.69, 9.17) is 16.3 Å². The number of nitrogens with zero attached hydrogens (tertiary/aromatic N) is 3. The topological polar surface area (TPSA) is 50.3 Å². The van der Waals surface area contributed by atoms with E-state index in [-0.39, 0.29) is 0 Å². The van der Waals surface area contributed by atoms with Crippen molar-refractivity contribution in [1.29, 1.82) is 0 Å². The highest BCUT2D eigenvalue weighted by Gasteiger charge is 2.36. The Bertz CT molecular complexity index is 757. The van der Waals surface area contributed by atoms with Crippen molar-refractivity contribution in [2.75, 3.05) is 31.6 Å². The average molecular weight is 359 g/mol. The molecule has 2 saturated heterocycles. The zero-order valence-electron chi connectivity index (χ0n) is 14.6. The molecule has 0 spiro atoms. The summed E-state index contributed by atoms with van der Waals surface area (Å²) < 4.78 is 5.27. The molecule has 0 bridgehead atoms. The van der Waals surface area contributed by atoms with E-state index in [1.54, 1.807) is 0 Å². The van der Waals surface area contributed by atoms with Crippen molar-refractivity contribution in [2.24, 2.45) is 0 Å². The van der Waals surface area contributed by atoms with Gasteiger partial charge < -0.3 is 10.1 Å².